The van der Waals surface area contributed by atoms with Crippen molar-refractivity contribution in [2.75, 3.05) is 11.9 Å². The van der Waals surface area contributed by atoms with Crippen molar-refractivity contribution >= 4 is 23.3 Å². The van der Waals surface area contributed by atoms with Gasteiger partial charge >= 0.3 is 0 Å². The van der Waals surface area contributed by atoms with Crippen molar-refractivity contribution in [3.8, 4) is 5.69 Å². The number of aryl methyl sites for hydroxylation is 1. The second-order valence-corrected chi connectivity index (χ2v) is 7.43. The summed E-state index contributed by atoms with van der Waals surface area (Å²) >= 11 is 0. The van der Waals surface area contributed by atoms with Crippen molar-refractivity contribution in [2.24, 2.45) is 0 Å². The van der Waals surface area contributed by atoms with E-state index in [1.165, 1.54) is 16.8 Å². The van der Waals surface area contributed by atoms with Crippen LogP contribution in [0.15, 0.2) is 54.6 Å². The Morgan fingerprint density at radius 3 is 2.48 bits per heavy atom. The van der Waals surface area contributed by atoms with Crippen LogP contribution in [-0.2, 0) is 11.3 Å². The molecule has 0 radical (unpaired) electrons. The van der Waals surface area contributed by atoms with Crippen LogP contribution in [0.2, 0.25) is 0 Å². The maximum Gasteiger partial charge on any atom is 0.269 e. The molecule has 0 atom stereocenters. The zero-order valence-electron chi connectivity index (χ0n) is 16.9. The molecule has 0 spiro atoms. The van der Waals surface area contributed by atoms with E-state index >= 15 is 0 Å². The molecule has 4 rings (SSSR count). The van der Waals surface area contributed by atoms with Gasteiger partial charge in [0.2, 0.25) is 5.91 Å². The van der Waals surface area contributed by atoms with Crippen LogP contribution in [0.25, 0.3) is 5.69 Å². The van der Waals surface area contributed by atoms with E-state index in [0.29, 0.717) is 35.7 Å². The summed E-state index contributed by atoms with van der Waals surface area (Å²) < 4.78 is 1.53. The van der Waals surface area contributed by atoms with E-state index in [9.17, 15) is 19.7 Å². The first-order chi connectivity index (χ1) is 14.9. The van der Waals surface area contributed by atoms with Crippen LogP contribution in [0.3, 0.4) is 0 Å². The number of hydrogen-bond acceptors (Lipinski definition) is 5. The van der Waals surface area contributed by atoms with E-state index < -0.39 is 4.92 Å². The van der Waals surface area contributed by atoms with E-state index in [1.54, 1.807) is 37.3 Å². The van der Waals surface area contributed by atoms with Crippen LogP contribution in [0.5, 0.6) is 0 Å². The predicted octanol–water partition coefficient (Wildman–Crippen LogP) is 3.46. The molecule has 1 fully saturated rings. The van der Waals surface area contributed by atoms with E-state index in [2.05, 4.69) is 10.4 Å². The zero-order valence-corrected chi connectivity index (χ0v) is 16.9. The number of carbonyl (C=O) groups is 2. The van der Waals surface area contributed by atoms with Crippen LogP contribution in [-0.4, -0.2) is 38.0 Å². The van der Waals surface area contributed by atoms with Crippen LogP contribution < -0.4 is 5.32 Å². The summed E-state index contributed by atoms with van der Waals surface area (Å²) in [5.74, 6) is 0.326. The highest BCUT2D eigenvalue weighted by Gasteiger charge is 2.20. The minimum atomic E-state index is -0.468. The summed E-state index contributed by atoms with van der Waals surface area (Å²) in [6, 6.07) is 14.8. The Bertz CT molecular complexity index is 1140. The lowest BCUT2D eigenvalue weighted by atomic mass is 10.1. The maximum absolute atomic E-state index is 12.8. The lowest BCUT2D eigenvalue weighted by molar-refractivity contribution is -0.384. The molecule has 1 N–H and O–H groups in total. The molecule has 3 aromatic rings. The molecular formula is C22H21N5O4. The number of amides is 2. The lowest BCUT2D eigenvalue weighted by Gasteiger charge is -2.15. The van der Waals surface area contributed by atoms with Gasteiger partial charge in [-0.2, -0.15) is 5.10 Å². The fourth-order valence-electron chi connectivity index (χ4n) is 3.54. The highest BCUT2D eigenvalue weighted by Crippen LogP contribution is 2.21. The number of nitro groups is 1. The highest BCUT2D eigenvalue weighted by atomic mass is 16.6. The van der Waals surface area contributed by atoms with Crippen LogP contribution >= 0.6 is 0 Å². The van der Waals surface area contributed by atoms with Gasteiger partial charge in [-0.3, -0.25) is 19.7 Å². The van der Waals surface area contributed by atoms with Gasteiger partial charge in [-0.05, 0) is 43.2 Å². The Morgan fingerprint density at radius 2 is 1.87 bits per heavy atom. The smallest absolute Gasteiger partial charge is 0.269 e. The molecule has 9 nitrogen and oxygen atoms in total. The fourth-order valence-corrected chi connectivity index (χ4v) is 3.54. The van der Waals surface area contributed by atoms with Crippen molar-refractivity contribution in [3.05, 3.63) is 81.5 Å². The quantitative estimate of drug-likeness (QED) is 0.486. The molecule has 0 bridgehead atoms. The molecule has 2 amide bonds. The van der Waals surface area contributed by atoms with Crippen molar-refractivity contribution in [2.45, 2.75) is 26.3 Å². The van der Waals surface area contributed by atoms with Gasteiger partial charge in [0.05, 0.1) is 16.3 Å². The van der Waals surface area contributed by atoms with Crippen molar-refractivity contribution in [1.82, 2.24) is 14.7 Å². The predicted molar refractivity (Wildman–Crippen MR) is 114 cm³/mol. The first-order valence-corrected chi connectivity index (χ1v) is 9.90. The largest absolute Gasteiger partial charge is 0.338 e. The van der Waals surface area contributed by atoms with Crippen LogP contribution in [0.1, 0.15) is 34.5 Å². The summed E-state index contributed by atoms with van der Waals surface area (Å²) in [6.07, 6.45) is 1.49. The van der Waals surface area contributed by atoms with Gasteiger partial charge in [0.25, 0.3) is 11.6 Å². The van der Waals surface area contributed by atoms with Crippen LogP contribution in [0, 0.1) is 17.0 Å². The topological polar surface area (TPSA) is 110 Å². The molecule has 1 aliphatic rings. The molecule has 158 valence electrons. The maximum atomic E-state index is 12.8. The van der Waals surface area contributed by atoms with Gasteiger partial charge in [-0.15, -0.1) is 0 Å². The fraction of sp³-hybridized carbons (Fsp3) is 0.227. The number of hydrogen-bond donors (Lipinski definition) is 1. The summed E-state index contributed by atoms with van der Waals surface area (Å²) in [4.78, 5) is 36.7. The van der Waals surface area contributed by atoms with Gasteiger partial charge in [-0.1, -0.05) is 12.1 Å². The molecule has 0 unspecified atom stereocenters. The van der Waals surface area contributed by atoms with Crippen molar-refractivity contribution < 1.29 is 14.5 Å². The first kappa shape index (κ1) is 20.3. The monoisotopic (exact) mass is 419 g/mol. The number of likely N-dealkylation sites (tertiary alicyclic amines) is 1. The number of carbonyl (C=O) groups excluding carboxylic acids is 2. The number of benzene rings is 2. The van der Waals surface area contributed by atoms with E-state index in [4.69, 9.17) is 0 Å². The Hall–Kier alpha value is -4.01. The normalized spacial score (nSPS) is 13.5. The van der Waals surface area contributed by atoms with Gasteiger partial charge in [0.1, 0.15) is 5.82 Å². The molecule has 1 aromatic heterocycles. The Kier molecular flexibility index (Phi) is 5.48. The highest BCUT2D eigenvalue weighted by molar-refractivity contribution is 6.04. The van der Waals surface area contributed by atoms with Gasteiger partial charge in [0, 0.05) is 43.3 Å². The SMILES string of the molecule is Cc1cc(NC(=O)c2ccc(CN3CCCC3=O)cc2)n(-c2ccc([N+](=O)[O-])cc2)n1. The number of aromatic nitrogens is 2. The molecule has 9 heteroatoms. The molecule has 0 saturated carbocycles. The van der Waals surface area contributed by atoms with Gasteiger partial charge < -0.3 is 10.2 Å². The molecular weight excluding hydrogens is 398 g/mol. The lowest BCUT2D eigenvalue weighted by Crippen LogP contribution is -2.23. The Balaban J connectivity index is 1.48. The van der Waals surface area contributed by atoms with Gasteiger partial charge in [-0.25, -0.2) is 4.68 Å². The van der Waals surface area contributed by atoms with E-state index in [-0.39, 0.29) is 17.5 Å². The number of nitrogens with zero attached hydrogens (tertiary/aromatic N) is 4. The number of nitrogens with one attached hydrogen (secondary N) is 1. The standard InChI is InChI=1S/C22H21N5O4/c1-15-13-20(26(24-15)18-8-10-19(11-9-18)27(30)31)23-22(29)17-6-4-16(5-7-17)14-25-12-2-3-21(25)28/h4-11,13H,2-3,12,14H2,1H3,(H,23,29). The number of nitro benzene ring substituents is 1. The average molecular weight is 419 g/mol. The number of rotatable bonds is 6. The Morgan fingerprint density at radius 1 is 1.16 bits per heavy atom. The molecule has 2 heterocycles. The first-order valence-electron chi connectivity index (χ1n) is 9.90. The molecule has 2 aromatic carbocycles. The van der Waals surface area contributed by atoms with Crippen molar-refractivity contribution in [1.29, 1.82) is 0 Å². The summed E-state index contributed by atoms with van der Waals surface area (Å²) in [7, 11) is 0. The summed E-state index contributed by atoms with van der Waals surface area (Å²) in [5, 5.41) is 18.1. The summed E-state index contributed by atoms with van der Waals surface area (Å²) in [5.41, 5.74) is 2.72. The van der Waals surface area contributed by atoms with Crippen molar-refractivity contribution in [3.63, 3.8) is 0 Å². The third kappa shape index (κ3) is 4.45. The molecule has 1 saturated heterocycles. The van der Waals surface area contributed by atoms with Gasteiger partial charge in [0.15, 0.2) is 0 Å². The third-order valence-electron chi connectivity index (χ3n) is 5.14. The molecule has 31 heavy (non-hydrogen) atoms. The third-order valence-corrected chi connectivity index (χ3v) is 5.14. The van der Waals surface area contributed by atoms with Crippen LogP contribution in [0.4, 0.5) is 11.5 Å². The Labute approximate surface area is 178 Å². The van der Waals surface area contributed by atoms with E-state index in [1.807, 2.05) is 17.0 Å². The minimum Gasteiger partial charge on any atom is -0.338 e. The molecule has 0 aliphatic carbocycles. The number of anilines is 1. The zero-order chi connectivity index (χ0) is 22.0. The molecule has 1 aliphatic heterocycles. The minimum absolute atomic E-state index is 0.0195. The second-order valence-electron chi connectivity index (χ2n) is 7.43. The number of non-ortho nitro benzene ring substituents is 1. The average Bonchev–Trinajstić information content (AvgIpc) is 3.33. The van der Waals surface area contributed by atoms with E-state index in [0.717, 1.165) is 18.5 Å². The second kappa shape index (κ2) is 8.39. The summed E-state index contributed by atoms with van der Waals surface area (Å²) in [6.45, 7) is 3.12.